The first-order valence-corrected chi connectivity index (χ1v) is 16.6. The Labute approximate surface area is 286 Å². The Morgan fingerprint density at radius 2 is 1.02 bits per heavy atom. The molecular weight excluding hydrogens is 593 g/mol. The van der Waals surface area contributed by atoms with Gasteiger partial charge in [-0.15, -0.1) is 0 Å². The van der Waals surface area contributed by atoms with E-state index in [1.807, 2.05) is 12.3 Å². The van der Waals surface area contributed by atoms with Gasteiger partial charge in [-0.05, 0) is 102 Å². The quantitative estimate of drug-likeness (QED) is 0.175. The summed E-state index contributed by atoms with van der Waals surface area (Å²) in [4.78, 5) is 7.94. The van der Waals surface area contributed by atoms with Gasteiger partial charge in [0.05, 0.1) is 12.0 Å². The second-order valence-corrected chi connectivity index (χ2v) is 12.6. The SMILES string of the molecule is [C-]#[N+]c1cncc(-c2cccc(-c3ccc4c(c3)C(c3ccccc3)(c3ccccc3)c3cc(-c5ccccc5)c5ccccc5c3-4)c2)c1. The van der Waals surface area contributed by atoms with Gasteiger partial charge in [0.15, 0.2) is 0 Å². The third-order valence-electron chi connectivity index (χ3n) is 10.0. The van der Waals surface area contributed by atoms with Crippen LogP contribution in [0.1, 0.15) is 22.3 Å². The Kier molecular flexibility index (Phi) is 6.78. The van der Waals surface area contributed by atoms with Gasteiger partial charge in [0.2, 0.25) is 5.69 Å². The minimum atomic E-state index is -0.553. The van der Waals surface area contributed by atoms with Gasteiger partial charge in [-0.25, -0.2) is 4.85 Å². The number of rotatable bonds is 5. The van der Waals surface area contributed by atoms with Crippen molar-refractivity contribution < 1.29 is 0 Å². The highest BCUT2D eigenvalue weighted by atomic mass is 14.7. The molecule has 0 amide bonds. The second-order valence-electron chi connectivity index (χ2n) is 12.6. The van der Waals surface area contributed by atoms with Crippen molar-refractivity contribution in [3.63, 3.8) is 0 Å². The molecule has 7 aromatic carbocycles. The summed E-state index contributed by atoms with van der Waals surface area (Å²) < 4.78 is 0. The second kappa shape index (κ2) is 11.6. The molecule has 49 heavy (non-hydrogen) atoms. The predicted octanol–water partition coefficient (Wildman–Crippen LogP) is 12.1. The molecule has 2 heteroatoms. The van der Waals surface area contributed by atoms with Crippen molar-refractivity contribution in [3.8, 4) is 44.5 Å². The molecule has 9 rings (SSSR count). The minimum Gasteiger partial charge on any atom is -0.276 e. The fourth-order valence-corrected chi connectivity index (χ4v) is 7.91. The molecule has 1 heterocycles. The molecule has 1 aromatic heterocycles. The molecule has 0 spiro atoms. The summed E-state index contributed by atoms with van der Waals surface area (Å²) in [7, 11) is 0. The van der Waals surface area contributed by atoms with Crippen LogP contribution in [0, 0.1) is 6.57 Å². The van der Waals surface area contributed by atoms with Crippen LogP contribution in [0.3, 0.4) is 0 Å². The smallest absolute Gasteiger partial charge is 0.205 e. The van der Waals surface area contributed by atoms with E-state index in [0.29, 0.717) is 5.69 Å². The lowest BCUT2D eigenvalue weighted by Crippen LogP contribution is -2.28. The van der Waals surface area contributed by atoms with Crippen LogP contribution < -0.4 is 0 Å². The molecule has 0 radical (unpaired) electrons. The van der Waals surface area contributed by atoms with Gasteiger partial charge in [-0.1, -0.05) is 146 Å². The van der Waals surface area contributed by atoms with Crippen LogP contribution in [0.5, 0.6) is 0 Å². The number of nitrogens with zero attached hydrogens (tertiary/aromatic N) is 2. The molecule has 0 unspecified atom stereocenters. The van der Waals surface area contributed by atoms with Crippen LogP contribution in [-0.4, -0.2) is 4.98 Å². The normalized spacial score (nSPS) is 12.6. The Morgan fingerprint density at radius 1 is 0.429 bits per heavy atom. The highest BCUT2D eigenvalue weighted by molar-refractivity contribution is 6.10. The lowest BCUT2D eigenvalue weighted by molar-refractivity contribution is 0.769. The van der Waals surface area contributed by atoms with Gasteiger partial charge in [-0.2, -0.15) is 0 Å². The molecule has 1 aliphatic carbocycles. The van der Waals surface area contributed by atoms with E-state index in [1.165, 1.54) is 55.3 Å². The van der Waals surface area contributed by atoms with Crippen molar-refractivity contribution in [2.24, 2.45) is 0 Å². The topological polar surface area (TPSA) is 17.2 Å². The van der Waals surface area contributed by atoms with E-state index in [1.54, 1.807) is 6.20 Å². The van der Waals surface area contributed by atoms with Gasteiger partial charge in [0, 0.05) is 12.4 Å². The Bertz CT molecular complexity index is 2510. The minimum absolute atomic E-state index is 0.538. The fraction of sp³-hybridized carbons (Fsp3) is 0.0213. The van der Waals surface area contributed by atoms with Gasteiger partial charge >= 0.3 is 0 Å². The number of fused-ring (bicyclic) bond motifs is 5. The van der Waals surface area contributed by atoms with E-state index in [4.69, 9.17) is 6.57 Å². The zero-order valence-electron chi connectivity index (χ0n) is 26.7. The lowest BCUT2D eigenvalue weighted by Gasteiger charge is -2.34. The van der Waals surface area contributed by atoms with Crippen LogP contribution in [0.4, 0.5) is 5.69 Å². The molecule has 0 bridgehead atoms. The number of aromatic nitrogens is 1. The van der Waals surface area contributed by atoms with E-state index < -0.39 is 5.41 Å². The van der Waals surface area contributed by atoms with E-state index in [2.05, 4.69) is 174 Å². The summed E-state index contributed by atoms with van der Waals surface area (Å²) in [5, 5.41) is 2.51. The van der Waals surface area contributed by atoms with E-state index >= 15 is 0 Å². The third-order valence-corrected chi connectivity index (χ3v) is 10.0. The third kappa shape index (κ3) is 4.52. The number of pyridine rings is 1. The summed E-state index contributed by atoms with van der Waals surface area (Å²) in [6.07, 6.45) is 3.44. The predicted molar refractivity (Wildman–Crippen MR) is 202 cm³/mol. The molecule has 0 saturated carbocycles. The molecule has 8 aromatic rings. The van der Waals surface area contributed by atoms with Crippen LogP contribution in [0.25, 0.3) is 60.1 Å². The summed E-state index contributed by atoms with van der Waals surface area (Å²) in [6.45, 7) is 7.48. The first kappa shape index (κ1) is 28.6. The average Bonchev–Trinajstić information content (AvgIpc) is 3.49. The lowest BCUT2D eigenvalue weighted by atomic mass is 9.67. The van der Waals surface area contributed by atoms with Crippen LogP contribution >= 0.6 is 0 Å². The zero-order valence-corrected chi connectivity index (χ0v) is 26.7. The van der Waals surface area contributed by atoms with Gasteiger partial charge in [-0.3, -0.25) is 4.98 Å². The molecule has 0 aliphatic heterocycles. The molecular formula is C47H30N2. The fourth-order valence-electron chi connectivity index (χ4n) is 7.91. The summed E-state index contributed by atoms with van der Waals surface area (Å²) in [5.74, 6) is 0. The van der Waals surface area contributed by atoms with E-state index in [9.17, 15) is 0 Å². The molecule has 0 atom stereocenters. The summed E-state index contributed by atoms with van der Waals surface area (Å²) in [5.41, 5.74) is 14.3. The van der Waals surface area contributed by atoms with Crippen LogP contribution in [0.2, 0.25) is 0 Å². The number of benzene rings is 7. The number of hydrogen-bond acceptors (Lipinski definition) is 1. The molecule has 1 aliphatic rings. The number of hydrogen-bond donors (Lipinski definition) is 0. The van der Waals surface area contributed by atoms with Gasteiger partial charge in [0.25, 0.3) is 0 Å². The molecule has 0 saturated heterocycles. The van der Waals surface area contributed by atoms with E-state index in [0.717, 1.165) is 22.3 Å². The van der Waals surface area contributed by atoms with Crippen molar-refractivity contribution in [3.05, 3.63) is 216 Å². The van der Waals surface area contributed by atoms with Crippen molar-refractivity contribution in [1.29, 1.82) is 0 Å². The van der Waals surface area contributed by atoms with Crippen molar-refractivity contribution in [2.45, 2.75) is 5.41 Å². The maximum atomic E-state index is 7.48. The highest BCUT2D eigenvalue weighted by Gasteiger charge is 2.47. The standard InChI is InChI=1S/C47H30N2/c1-48-39-27-36(30-49-31-39)34-17-13-16-33(26-34)35-24-25-42-44(28-35)47(37-18-7-3-8-19-37,38-20-9-4-10-21-38)45-29-43(32-14-5-2-6-15-32)40-22-11-12-23-41(40)46(42)45/h2-31H. The van der Waals surface area contributed by atoms with Crippen LogP contribution in [0.15, 0.2) is 182 Å². The summed E-state index contributed by atoms with van der Waals surface area (Å²) in [6, 6.07) is 61.6. The molecule has 0 N–H and O–H groups in total. The Hall–Kier alpha value is -6.56. The Balaban J connectivity index is 1.37. The monoisotopic (exact) mass is 622 g/mol. The van der Waals surface area contributed by atoms with Crippen LogP contribution in [-0.2, 0) is 5.41 Å². The molecule has 2 nitrogen and oxygen atoms in total. The maximum absolute atomic E-state index is 7.48. The van der Waals surface area contributed by atoms with Crippen molar-refractivity contribution in [2.75, 3.05) is 0 Å². The van der Waals surface area contributed by atoms with Crippen molar-refractivity contribution >= 4 is 16.5 Å². The largest absolute Gasteiger partial charge is 0.276 e. The first-order valence-electron chi connectivity index (χ1n) is 16.6. The molecule has 0 fully saturated rings. The van der Waals surface area contributed by atoms with Gasteiger partial charge < -0.3 is 0 Å². The first-order chi connectivity index (χ1) is 24.3. The highest BCUT2D eigenvalue weighted by Crippen LogP contribution is 2.59. The Morgan fingerprint density at radius 3 is 1.71 bits per heavy atom. The molecule has 228 valence electrons. The summed E-state index contributed by atoms with van der Waals surface area (Å²) >= 11 is 0. The zero-order chi connectivity index (χ0) is 32.8. The van der Waals surface area contributed by atoms with Crippen molar-refractivity contribution in [1.82, 2.24) is 4.98 Å². The maximum Gasteiger partial charge on any atom is 0.205 e. The van der Waals surface area contributed by atoms with E-state index in [-0.39, 0.29) is 0 Å². The average molecular weight is 623 g/mol. The van der Waals surface area contributed by atoms with Gasteiger partial charge in [0.1, 0.15) is 0 Å².